The number of carbonyl (C=O) groups is 1. The minimum absolute atomic E-state index is 0.0255. The Balaban J connectivity index is 1.54. The second-order valence-corrected chi connectivity index (χ2v) is 4.88. The first kappa shape index (κ1) is 13.5. The number of pyridine rings is 1. The molecule has 6 nitrogen and oxygen atoms in total. The van der Waals surface area contributed by atoms with Gasteiger partial charge >= 0.3 is 6.01 Å². The Morgan fingerprint density at radius 3 is 2.57 bits per heavy atom. The summed E-state index contributed by atoms with van der Waals surface area (Å²) in [6.07, 6.45) is 8.20. The molecule has 1 saturated heterocycles. The van der Waals surface area contributed by atoms with Gasteiger partial charge in [-0.3, -0.25) is 9.78 Å². The fourth-order valence-corrected chi connectivity index (χ4v) is 2.34. The van der Waals surface area contributed by atoms with Gasteiger partial charge in [0.1, 0.15) is 6.10 Å². The number of hydrogen-bond donors (Lipinski definition) is 0. The van der Waals surface area contributed by atoms with Gasteiger partial charge < -0.3 is 9.64 Å². The molecular weight excluding hydrogens is 268 g/mol. The van der Waals surface area contributed by atoms with Gasteiger partial charge in [-0.05, 0) is 18.2 Å². The Kier molecular flexibility index (Phi) is 4.04. The Morgan fingerprint density at radius 2 is 1.90 bits per heavy atom. The van der Waals surface area contributed by atoms with Crippen LogP contribution in [-0.4, -0.2) is 45.0 Å². The average molecular weight is 284 g/mol. The summed E-state index contributed by atoms with van der Waals surface area (Å²) < 4.78 is 5.72. The van der Waals surface area contributed by atoms with Crippen molar-refractivity contribution in [2.45, 2.75) is 18.9 Å². The number of likely N-dealkylation sites (tertiary alicyclic amines) is 1. The highest BCUT2D eigenvalue weighted by atomic mass is 16.5. The van der Waals surface area contributed by atoms with Crippen LogP contribution in [-0.2, 0) is 0 Å². The van der Waals surface area contributed by atoms with E-state index in [0.717, 1.165) is 12.8 Å². The molecule has 0 N–H and O–H groups in total. The van der Waals surface area contributed by atoms with Crippen molar-refractivity contribution < 1.29 is 9.53 Å². The molecule has 0 bridgehead atoms. The highest BCUT2D eigenvalue weighted by molar-refractivity contribution is 5.93. The van der Waals surface area contributed by atoms with Crippen LogP contribution >= 0.6 is 0 Å². The second-order valence-electron chi connectivity index (χ2n) is 4.88. The summed E-state index contributed by atoms with van der Waals surface area (Å²) in [6, 6.07) is 5.71. The minimum Gasteiger partial charge on any atom is -0.460 e. The number of nitrogens with zero attached hydrogens (tertiary/aromatic N) is 4. The highest BCUT2D eigenvalue weighted by Gasteiger charge is 2.25. The summed E-state index contributed by atoms with van der Waals surface area (Å²) in [6.45, 7) is 1.34. The number of rotatable bonds is 3. The van der Waals surface area contributed by atoms with Crippen molar-refractivity contribution in [1.29, 1.82) is 0 Å². The van der Waals surface area contributed by atoms with Gasteiger partial charge in [0.15, 0.2) is 0 Å². The van der Waals surface area contributed by atoms with E-state index in [1.165, 1.54) is 0 Å². The van der Waals surface area contributed by atoms with Crippen LogP contribution in [0.1, 0.15) is 23.2 Å². The highest BCUT2D eigenvalue weighted by Crippen LogP contribution is 2.17. The lowest BCUT2D eigenvalue weighted by molar-refractivity contribution is 0.0578. The third-order valence-electron chi connectivity index (χ3n) is 3.45. The normalized spacial score (nSPS) is 15.7. The van der Waals surface area contributed by atoms with Gasteiger partial charge in [0.25, 0.3) is 5.91 Å². The van der Waals surface area contributed by atoms with Crippen molar-refractivity contribution in [3.05, 3.63) is 48.5 Å². The smallest absolute Gasteiger partial charge is 0.316 e. The molecule has 1 fully saturated rings. The van der Waals surface area contributed by atoms with Crippen molar-refractivity contribution in [1.82, 2.24) is 19.9 Å². The summed E-state index contributed by atoms with van der Waals surface area (Å²) in [5.74, 6) is 0.0255. The van der Waals surface area contributed by atoms with Crippen LogP contribution in [0.5, 0.6) is 6.01 Å². The number of hydrogen-bond acceptors (Lipinski definition) is 5. The van der Waals surface area contributed by atoms with Crippen molar-refractivity contribution in [3.63, 3.8) is 0 Å². The molecule has 1 aliphatic heterocycles. The van der Waals surface area contributed by atoms with Crippen molar-refractivity contribution in [2.75, 3.05) is 13.1 Å². The van der Waals surface area contributed by atoms with Crippen LogP contribution in [0.25, 0.3) is 0 Å². The number of carbonyl (C=O) groups excluding carboxylic acids is 1. The molecule has 0 aliphatic carbocycles. The van der Waals surface area contributed by atoms with E-state index in [9.17, 15) is 4.79 Å². The Hall–Kier alpha value is -2.50. The molecule has 0 atom stereocenters. The molecule has 3 rings (SSSR count). The predicted octanol–water partition coefficient (Wildman–Crippen LogP) is 1.56. The van der Waals surface area contributed by atoms with Gasteiger partial charge in [0.2, 0.25) is 0 Å². The second kappa shape index (κ2) is 6.30. The number of ether oxygens (including phenoxy) is 1. The van der Waals surface area contributed by atoms with Crippen LogP contribution in [0.4, 0.5) is 0 Å². The van der Waals surface area contributed by atoms with E-state index in [2.05, 4.69) is 15.0 Å². The number of aromatic nitrogens is 3. The van der Waals surface area contributed by atoms with Crippen LogP contribution < -0.4 is 4.74 Å². The van der Waals surface area contributed by atoms with Gasteiger partial charge in [-0.1, -0.05) is 0 Å². The van der Waals surface area contributed by atoms with E-state index < -0.39 is 0 Å². The van der Waals surface area contributed by atoms with Crippen LogP contribution in [0.15, 0.2) is 43.0 Å². The largest absolute Gasteiger partial charge is 0.460 e. The Morgan fingerprint density at radius 1 is 1.14 bits per heavy atom. The van der Waals surface area contributed by atoms with Crippen molar-refractivity contribution in [2.24, 2.45) is 0 Å². The lowest BCUT2D eigenvalue weighted by Crippen LogP contribution is -2.41. The lowest BCUT2D eigenvalue weighted by atomic mass is 10.1. The van der Waals surface area contributed by atoms with Gasteiger partial charge in [0.05, 0.1) is 5.56 Å². The number of amides is 1. The SMILES string of the molecule is O=C(c1cccnc1)N1CCC(Oc2ncccn2)CC1. The monoisotopic (exact) mass is 284 g/mol. The van der Waals surface area contributed by atoms with Gasteiger partial charge in [-0.25, -0.2) is 9.97 Å². The topological polar surface area (TPSA) is 68.2 Å². The zero-order chi connectivity index (χ0) is 14.5. The van der Waals surface area contributed by atoms with E-state index in [-0.39, 0.29) is 12.0 Å². The first-order chi connectivity index (χ1) is 10.3. The van der Waals surface area contributed by atoms with Crippen LogP contribution in [0, 0.1) is 0 Å². The molecule has 2 aromatic rings. The first-order valence-electron chi connectivity index (χ1n) is 6.96. The minimum atomic E-state index is 0.0255. The summed E-state index contributed by atoms with van der Waals surface area (Å²) in [4.78, 5) is 26.2. The molecule has 1 aliphatic rings. The molecule has 3 heterocycles. The van der Waals surface area contributed by atoms with E-state index in [4.69, 9.17) is 4.74 Å². The molecule has 0 spiro atoms. The summed E-state index contributed by atoms with van der Waals surface area (Å²) in [5, 5.41) is 0. The third kappa shape index (κ3) is 3.34. The third-order valence-corrected chi connectivity index (χ3v) is 3.45. The van der Waals surface area contributed by atoms with E-state index in [0.29, 0.717) is 24.7 Å². The maximum absolute atomic E-state index is 12.3. The molecule has 1 amide bonds. The van der Waals surface area contributed by atoms with Gasteiger partial charge in [-0.15, -0.1) is 0 Å². The molecule has 0 saturated carbocycles. The molecule has 0 radical (unpaired) electrons. The Labute approximate surface area is 122 Å². The molecule has 2 aromatic heterocycles. The van der Waals surface area contributed by atoms with Gasteiger partial charge in [-0.2, -0.15) is 0 Å². The first-order valence-corrected chi connectivity index (χ1v) is 6.96. The van der Waals surface area contributed by atoms with Crippen LogP contribution in [0.2, 0.25) is 0 Å². The predicted molar refractivity (Wildman–Crippen MR) is 75.8 cm³/mol. The fourth-order valence-electron chi connectivity index (χ4n) is 2.34. The lowest BCUT2D eigenvalue weighted by Gasteiger charge is -2.31. The van der Waals surface area contributed by atoms with E-state index >= 15 is 0 Å². The Bertz CT molecular complexity index is 583. The molecule has 6 heteroatoms. The van der Waals surface area contributed by atoms with E-state index in [1.54, 1.807) is 43.0 Å². The average Bonchev–Trinajstić information content (AvgIpc) is 2.57. The molecule has 0 aromatic carbocycles. The standard InChI is InChI=1S/C15H16N4O2/c20-14(12-3-1-6-16-11-12)19-9-4-13(5-10-19)21-15-17-7-2-8-18-15/h1-3,6-8,11,13H,4-5,9-10H2. The summed E-state index contributed by atoms with van der Waals surface area (Å²) in [5.41, 5.74) is 0.628. The fraction of sp³-hybridized carbons (Fsp3) is 0.333. The molecule has 0 unspecified atom stereocenters. The summed E-state index contributed by atoms with van der Waals surface area (Å²) >= 11 is 0. The van der Waals surface area contributed by atoms with Crippen molar-refractivity contribution in [3.8, 4) is 6.01 Å². The number of piperidine rings is 1. The maximum Gasteiger partial charge on any atom is 0.316 e. The van der Waals surface area contributed by atoms with Crippen LogP contribution in [0.3, 0.4) is 0 Å². The zero-order valence-electron chi connectivity index (χ0n) is 11.6. The molecule has 108 valence electrons. The molecular formula is C15H16N4O2. The zero-order valence-corrected chi connectivity index (χ0v) is 11.6. The quantitative estimate of drug-likeness (QED) is 0.855. The van der Waals surface area contributed by atoms with Gasteiger partial charge in [0, 0.05) is 50.7 Å². The maximum atomic E-state index is 12.3. The van der Waals surface area contributed by atoms with E-state index in [1.807, 2.05) is 4.90 Å². The summed E-state index contributed by atoms with van der Waals surface area (Å²) in [7, 11) is 0. The molecule has 21 heavy (non-hydrogen) atoms. The van der Waals surface area contributed by atoms with Crippen molar-refractivity contribution >= 4 is 5.91 Å².